The van der Waals surface area contributed by atoms with Gasteiger partial charge in [-0.15, -0.1) is 0 Å². The molecule has 0 bridgehead atoms. The summed E-state index contributed by atoms with van der Waals surface area (Å²) in [6.07, 6.45) is 7.26. The topological polar surface area (TPSA) is 87.2 Å². The zero-order valence-corrected chi connectivity index (χ0v) is 22.8. The summed E-state index contributed by atoms with van der Waals surface area (Å²) < 4.78 is 58.0. The van der Waals surface area contributed by atoms with Crippen LogP contribution in [-0.4, -0.2) is 25.1 Å². The second kappa shape index (κ2) is 11.6. The molecule has 37 heavy (non-hydrogen) atoms. The van der Waals surface area contributed by atoms with Crippen LogP contribution in [-0.2, 0) is 21.2 Å². The normalized spacial score (nSPS) is 12.8. The van der Waals surface area contributed by atoms with Gasteiger partial charge < -0.3 is 4.74 Å². The van der Waals surface area contributed by atoms with E-state index >= 15 is 0 Å². The fraction of sp³-hybridized carbons (Fsp3) is 0.192. The first-order valence-corrected chi connectivity index (χ1v) is 13.8. The fourth-order valence-corrected chi connectivity index (χ4v) is 5.37. The minimum absolute atomic E-state index is 0.277. The van der Waals surface area contributed by atoms with E-state index < -0.39 is 32.0 Å². The molecule has 2 N–H and O–H groups in total. The first-order valence-electron chi connectivity index (χ1n) is 10.9. The van der Waals surface area contributed by atoms with Crippen molar-refractivity contribution in [1.29, 1.82) is 0 Å². The number of aromatic nitrogens is 2. The highest BCUT2D eigenvalue weighted by molar-refractivity contribution is 7.98. The minimum atomic E-state index is -4.21. The Morgan fingerprint density at radius 1 is 1.30 bits per heavy atom. The SMILES string of the molecule is C=C/C(F)=C\C=C\n1c(C(C)(C)c2ccc(OC)c(Cl)c2)cnc1SCc1ccc(F)c(S(N)(=O)=O)c1. The third-order valence-electron chi connectivity index (χ3n) is 5.63. The average molecular weight is 566 g/mol. The van der Waals surface area contributed by atoms with E-state index in [0.717, 1.165) is 23.4 Å². The second-order valence-electron chi connectivity index (χ2n) is 8.47. The lowest BCUT2D eigenvalue weighted by molar-refractivity contribution is 0.414. The lowest BCUT2D eigenvalue weighted by Gasteiger charge is -2.27. The van der Waals surface area contributed by atoms with Crippen molar-refractivity contribution in [3.05, 3.63) is 101 Å². The predicted molar refractivity (Wildman–Crippen MR) is 144 cm³/mol. The number of halogens is 3. The number of primary sulfonamides is 1. The molecule has 0 saturated heterocycles. The molecule has 1 aromatic heterocycles. The van der Waals surface area contributed by atoms with E-state index in [0.29, 0.717) is 21.5 Å². The Balaban J connectivity index is 2.02. The van der Waals surface area contributed by atoms with E-state index in [4.69, 9.17) is 21.5 Å². The molecule has 6 nitrogen and oxygen atoms in total. The van der Waals surface area contributed by atoms with Crippen LogP contribution in [0.5, 0.6) is 5.75 Å². The van der Waals surface area contributed by atoms with Gasteiger partial charge in [-0.3, -0.25) is 4.57 Å². The largest absolute Gasteiger partial charge is 0.495 e. The Kier molecular flexibility index (Phi) is 9.01. The third kappa shape index (κ3) is 6.70. The lowest BCUT2D eigenvalue weighted by atomic mass is 9.81. The standard InChI is InChI=1S/C26H26ClF2N3O3S2/c1-5-19(28)7-6-12-32-24(26(2,3)18-9-11-22(35-4)20(27)14-18)15-31-25(32)36-16-17-8-10-21(29)23(13-17)37(30,33)34/h5-15H,1,16H2,2-4H3,(H2,30,33,34)/b12-6+,19-7+. The summed E-state index contributed by atoms with van der Waals surface area (Å²) >= 11 is 7.67. The summed E-state index contributed by atoms with van der Waals surface area (Å²) in [5.41, 5.74) is 1.63. The van der Waals surface area contributed by atoms with Crippen LogP contribution in [0.1, 0.15) is 30.7 Å². The van der Waals surface area contributed by atoms with Crippen molar-refractivity contribution < 1.29 is 21.9 Å². The zero-order chi connectivity index (χ0) is 27.4. The molecule has 196 valence electrons. The van der Waals surface area contributed by atoms with Crippen LogP contribution >= 0.6 is 23.4 Å². The number of hydrogen-bond donors (Lipinski definition) is 1. The van der Waals surface area contributed by atoms with Gasteiger partial charge in [-0.2, -0.15) is 0 Å². The number of methoxy groups -OCH3 is 1. The van der Waals surface area contributed by atoms with Crippen molar-refractivity contribution in [3.63, 3.8) is 0 Å². The van der Waals surface area contributed by atoms with Crippen molar-refractivity contribution in [2.24, 2.45) is 5.14 Å². The molecular weight excluding hydrogens is 540 g/mol. The molecule has 1 heterocycles. The van der Waals surface area contributed by atoms with Gasteiger partial charge in [-0.1, -0.05) is 55.9 Å². The maximum absolute atomic E-state index is 13.9. The van der Waals surface area contributed by atoms with E-state index in [1.165, 1.54) is 36.0 Å². The fourth-order valence-electron chi connectivity index (χ4n) is 3.55. The van der Waals surface area contributed by atoms with Gasteiger partial charge in [-0.05, 0) is 53.6 Å². The van der Waals surface area contributed by atoms with Crippen LogP contribution in [0.15, 0.2) is 83.3 Å². The molecule has 3 rings (SSSR count). The average Bonchev–Trinajstić information content (AvgIpc) is 3.26. The van der Waals surface area contributed by atoms with Crippen molar-refractivity contribution in [2.45, 2.75) is 35.1 Å². The quantitative estimate of drug-likeness (QED) is 0.225. The predicted octanol–water partition coefficient (Wildman–Crippen LogP) is 6.46. The van der Waals surface area contributed by atoms with Crippen LogP contribution < -0.4 is 9.88 Å². The van der Waals surface area contributed by atoms with Crippen molar-refractivity contribution in [3.8, 4) is 5.75 Å². The van der Waals surface area contributed by atoms with Crippen molar-refractivity contribution in [1.82, 2.24) is 9.55 Å². The molecule has 0 spiro atoms. The molecule has 11 heteroatoms. The van der Waals surface area contributed by atoms with E-state index in [1.807, 2.05) is 26.0 Å². The van der Waals surface area contributed by atoms with Gasteiger partial charge in [0.2, 0.25) is 10.0 Å². The van der Waals surface area contributed by atoms with Gasteiger partial charge in [0.15, 0.2) is 5.16 Å². The highest BCUT2D eigenvalue weighted by atomic mass is 35.5. The number of allylic oxidation sites excluding steroid dienone is 4. The highest BCUT2D eigenvalue weighted by Gasteiger charge is 2.29. The molecular formula is C26H26ClF2N3O3S2. The molecule has 0 aliphatic rings. The van der Waals surface area contributed by atoms with Gasteiger partial charge in [0.05, 0.1) is 24.0 Å². The third-order valence-corrected chi connectivity index (χ3v) is 7.89. The summed E-state index contributed by atoms with van der Waals surface area (Å²) in [6, 6.07) is 9.25. The van der Waals surface area contributed by atoms with Crippen LogP contribution in [0.4, 0.5) is 8.78 Å². The minimum Gasteiger partial charge on any atom is -0.495 e. The van der Waals surface area contributed by atoms with Gasteiger partial charge >= 0.3 is 0 Å². The van der Waals surface area contributed by atoms with Gasteiger partial charge in [0.25, 0.3) is 0 Å². The number of thioether (sulfide) groups is 1. The Morgan fingerprint density at radius 3 is 2.65 bits per heavy atom. The first-order chi connectivity index (χ1) is 17.4. The molecule has 0 amide bonds. The van der Waals surface area contributed by atoms with Gasteiger partial charge in [0.1, 0.15) is 22.3 Å². The molecule has 0 saturated carbocycles. The highest BCUT2D eigenvalue weighted by Crippen LogP contribution is 2.38. The molecule has 0 radical (unpaired) electrons. The molecule has 0 unspecified atom stereocenters. The lowest BCUT2D eigenvalue weighted by Crippen LogP contribution is -2.22. The first kappa shape index (κ1) is 28.6. The number of hydrogen-bond acceptors (Lipinski definition) is 5. The Hall–Kier alpha value is -2.92. The number of benzene rings is 2. The Labute approximate surface area is 224 Å². The summed E-state index contributed by atoms with van der Waals surface area (Å²) in [5.74, 6) is -0.596. The molecule has 0 aliphatic heterocycles. The molecule has 0 atom stereocenters. The van der Waals surface area contributed by atoms with E-state index in [1.54, 1.807) is 30.1 Å². The van der Waals surface area contributed by atoms with Crippen LogP contribution in [0, 0.1) is 5.82 Å². The Bertz CT molecular complexity index is 1480. The molecule has 2 aromatic carbocycles. The smallest absolute Gasteiger partial charge is 0.240 e. The van der Waals surface area contributed by atoms with Gasteiger partial charge in [-0.25, -0.2) is 27.3 Å². The van der Waals surface area contributed by atoms with Crippen LogP contribution in [0.2, 0.25) is 5.02 Å². The summed E-state index contributed by atoms with van der Waals surface area (Å²) in [6.45, 7) is 7.40. The van der Waals surface area contributed by atoms with Crippen molar-refractivity contribution in [2.75, 3.05) is 7.11 Å². The summed E-state index contributed by atoms with van der Waals surface area (Å²) in [7, 11) is -2.67. The van der Waals surface area contributed by atoms with Crippen molar-refractivity contribution >= 4 is 39.6 Å². The van der Waals surface area contributed by atoms with E-state index in [-0.39, 0.29) is 5.75 Å². The van der Waals surface area contributed by atoms with E-state index in [2.05, 4.69) is 11.6 Å². The molecule has 3 aromatic rings. The zero-order valence-electron chi connectivity index (χ0n) is 20.4. The maximum atomic E-state index is 13.9. The summed E-state index contributed by atoms with van der Waals surface area (Å²) in [5, 5.41) is 6.13. The van der Waals surface area contributed by atoms with E-state index in [9.17, 15) is 17.2 Å². The summed E-state index contributed by atoms with van der Waals surface area (Å²) in [4.78, 5) is 3.98. The number of ether oxygens (including phenoxy) is 1. The van der Waals surface area contributed by atoms with Gasteiger partial charge in [0, 0.05) is 17.4 Å². The van der Waals surface area contributed by atoms with Crippen LogP contribution in [0.3, 0.4) is 0 Å². The Morgan fingerprint density at radius 2 is 2.03 bits per heavy atom. The molecule has 0 fully saturated rings. The number of nitrogens with two attached hydrogens (primary N) is 1. The number of rotatable bonds is 10. The second-order valence-corrected chi connectivity index (χ2v) is 11.3. The molecule has 0 aliphatic carbocycles. The number of nitrogens with zero attached hydrogens (tertiary/aromatic N) is 2. The maximum Gasteiger partial charge on any atom is 0.240 e. The monoisotopic (exact) mass is 565 g/mol. The number of sulfonamides is 1. The number of imidazole rings is 1. The van der Waals surface area contributed by atoms with Crippen LogP contribution in [0.25, 0.3) is 6.20 Å².